The van der Waals surface area contributed by atoms with Crippen LogP contribution in [0.1, 0.15) is 43.4 Å². The monoisotopic (exact) mass is 409 g/mol. The molecule has 5 heteroatoms. The molecule has 0 atom stereocenters. The van der Waals surface area contributed by atoms with Gasteiger partial charge in [-0.05, 0) is 80.2 Å². The van der Waals surface area contributed by atoms with E-state index in [4.69, 9.17) is 22.3 Å². The Balaban J connectivity index is 1.91. The van der Waals surface area contributed by atoms with Gasteiger partial charge in [0.2, 0.25) is 0 Å². The maximum Gasteiger partial charge on any atom is 0.123 e. The highest BCUT2D eigenvalue weighted by Crippen LogP contribution is 2.40. The van der Waals surface area contributed by atoms with E-state index in [9.17, 15) is 5.11 Å². The number of hydrogen-bond acceptors (Lipinski definition) is 4. The fourth-order valence-electron chi connectivity index (χ4n) is 4.39. The Morgan fingerprint density at radius 1 is 1.07 bits per heavy atom. The van der Waals surface area contributed by atoms with Gasteiger partial charge in [0.1, 0.15) is 5.75 Å². The van der Waals surface area contributed by atoms with Crippen LogP contribution < -0.4 is 5.73 Å². The maximum absolute atomic E-state index is 11.0. The summed E-state index contributed by atoms with van der Waals surface area (Å²) in [6.07, 6.45) is 4.11. The highest BCUT2D eigenvalue weighted by atomic mass is 35.5. The molecular weight excluding hydrogens is 382 g/mol. The highest BCUT2D eigenvalue weighted by Gasteiger charge is 2.23. The number of aromatic nitrogens is 1. The summed E-state index contributed by atoms with van der Waals surface area (Å²) in [5, 5.41) is 12.6. The van der Waals surface area contributed by atoms with Crippen molar-refractivity contribution in [2.45, 2.75) is 46.1 Å². The van der Waals surface area contributed by atoms with Crippen molar-refractivity contribution in [1.29, 1.82) is 0 Å². The Morgan fingerprint density at radius 3 is 2.52 bits per heavy atom. The van der Waals surface area contributed by atoms with Gasteiger partial charge < -0.3 is 10.8 Å². The standard InChI is InChI=1S/C24H28ClN3O/c1-3-28(4-2)14-15-11-20(17-7-5-6-8-18(17)24(15)29)23-13-21(26)19-10-9-16(25)12-22(19)27-23/h9-13,29H,3-8,14H2,1-2H3,(H2,26,27). The predicted molar refractivity (Wildman–Crippen MR) is 122 cm³/mol. The second-order valence-corrected chi connectivity index (χ2v) is 8.25. The lowest BCUT2D eigenvalue weighted by Gasteiger charge is -2.25. The van der Waals surface area contributed by atoms with E-state index in [2.05, 4.69) is 24.8 Å². The van der Waals surface area contributed by atoms with Crippen molar-refractivity contribution in [3.8, 4) is 17.0 Å². The zero-order valence-electron chi connectivity index (χ0n) is 17.1. The van der Waals surface area contributed by atoms with Gasteiger partial charge in [-0.15, -0.1) is 0 Å². The third-order valence-electron chi connectivity index (χ3n) is 6.07. The average Bonchev–Trinajstić information content (AvgIpc) is 2.73. The number of phenols is 1. The van der Waals surface area contributed by atoms with Crippen molar-refractivity contribution in [3.63, 3.8) is 0 Å². The van der Waals surface area contributed by atoms with Crippen LogP contribution in [0.4, 0.5) is 5.69 Å². The van der Waals surface area contributed by atoms with Crippen LogP contribution in [0.2, 0.25) is 5.02 Å². The lowest BCUT2D eigenvalue weighted by Crippen LogP contribution is -2.22. The van der Waals surface area contributed by atoms with Crippen molar-refractivity contribution in [1.82, 2.24) is 9.88 Å². The van der Waals surface area contributed by atoms with Crippen LogP contribution in [-0.4, -0.2) is 28.1 Å². The molecule has 1 heterocycles. The van der Waals surface area contributed by atoms with E-state index >= 15 is 0 Å². The molecule has 1 aliphatic carbocycles. The van der Waals surface area contributed by atoms with E-state index in [-0.39, 0.29) is 0 Å². The van der Waals surface area contributed by atoms with Gasteiger partial charge in [0.15, 0.2) is 0 Å². The van der Waals surface area contributed by atoms with E-state index in [1.54, 1.807) is 0 Å². The Hall–Kier alpha value is -2.30. The SMILES string of the molecule is CCN(CC)Cc1cc(-c2cc(N)c3ccc(Cl)cc3n2)c2c(c1O)CCCC2. The number of anilines is 1. The molecule has 0 unspecified atom stereocenters. The van der Waals surface area contributed by atoms with E-state index in [1.807, 2.05) is 24.3 Å². The Bertz CT molecular complexity index is 1060. The number of nitrogens with zero attached hydrogens (tertiary/aromatic N) is 2. The molecule has 2 aromatic carbocycles. The summed E-state index contributed by atoms with van der Waals surface area (Å²) in [6, 6.07) is 9.70. The van der Waals surface area contributed by atoms with Crippen LogP contribution in [-0.2, 0) is 19.4 Å². The lowest BCUT2D eigenvalue weighted by atomic mass is 9.84. The summed E-state index contributed by atoms with van der Waals surface area (Å²) < 4.78 is 0. The Kier molecular flexibility index (Phi) is 5.66. The van der Waals surface area contributed by atoms with Gasteiger partial charge in [0, 0.05) is 33.8 Å². The van der Waals surface area contributed by atoms with Gasteiger partial charge in [-0.1, -0.05) is 25.4 Å². The first kappa shape index (κ1) is 20.0. The molecule has 0 saturated carbocycles. The number of phenolic OH excluding ortho intramolecular Hbond substituents is 1. The molecule has 4 nitrogen and oxygen atoms in total. The highest BCUT2D eigenvalue weighted by molar-refractivity contribution is 6.31. The zero-order valence-corrected chi connectivity index (χ0v) is 17.9. The first-order valence-corrected chi connectivity index (χ1v) is 10.8. The fraction of sp³-hybridized carbons (Fsp3) is 0.375. The molecule has 0 bridgehead atoms. The molecule has 4 rings (SSSR count). The number of halogens is 1. The molecule has 1 aliphatic rings. The molecule has 0 radical (unpaired) electrons. The van der Waals surface area contributed by atoms with Gasteiger partial charge in [-0.3, -0.25) is 4.90 Å². The van der Waals surface area contributed by atoms with Crippen LogP contribution >= 0.6 is 11.6 Å². The molecule has 29 heavy (non-hydrogen) atoms. The first-order valence-electron chi connectivity index (χ1n) is 10.5. The van der Waals surface area contributed by atoms with E-state index < -0.39 is 0 Å². The number of fused-ring (bicyclic) bond motifs is 2. The van der Waals surface area contributed by atoms with Crippen LogP contribution in [0.15, 0.2) is 30.3 Å². The first-order chi connectivity index (χ1) is 14.0. The molecule has 0 spiro atoms. The van der Waals surface area contributed by atoms with Gasteiger partial charge in [-0.25, -0.2) is 4.98 Å². The molecule has 0 amide bonds. The second-order valence-electron chi connectivity index (χ2n) is 7.82. The number of pyridine rings is 1. The molecule has 0 fully saturated rings. The molecule has 1 aromatic heterocycles. The number of nitrogen functional groups attached to an aromatic ring is 1. The van der Waals surface area contributed by atoms with Crippen LogP contribution in [0.25, 0.3) is 22.2 Å². The lowest BCUT2D eigenvalue weighted by molar-refractivity contribution is 0.290. The fourth-order valence-corrected chi connectivity index (χ4v) is 4.56. The normalized spacial score (nSPS) is 13.8. The zero-order chi connectivity index (χ0) is 20.5. The van der Waals surface area contributed by atoms with E-state index in [0.717, 1.165) is 78.6 Å². The van der Waals surface area contributed by atoms with Crippen molar-refractivity contribution in [2.24, 2.45) is 0 Å². The summed E-state index contributed by atoms with van der Waals surface area (Å²) in [5.74, 6) is 0.465. The smallest absolute Gasteiger partial charge is 0.123 e. The summed E-state index contributed by atoms with van der Waals surface area (Å²) >= 11 is 6.20. The van der Waals surface area contributed by atoms with E-state index in [0.29, 0.717) is 16.5 Å². The summed E-state index contributed by atoms with van der Waals surface area (Å²) in [4.78, 5) is 7.22. The largest absolute Gasteiger partial charge is 0.507 e. The molecule has 0 saturated heterocycles. The molecule has 152 valence electrons. The average molecular weight is 410 g/mol. The van der Waals surface area contributed by atoms with Crippen LogP contribution in [0, 0.1) is 0 Å². The Morgan fingerprint density at radius 2 is 1.79 bits per heavy atom. The van der Waals surface area contributed by atoms with Crippen LogP contribution in [0.3, 0.4) is 0 Å². The predicted octanol–water partition coefficient (Wildman–Crippen LogP) is 5.56. The number of hydrogen-bond donors (Lipinski definition) is 2. The van der Waals surface area contributed by atoms with E-state index in [1.165, 1.54) is 5.56 Å². The Labute approximate surface area is 177 Å². The number of benzene rings is 2. The third-order valence-corrected chi connectivity index (χ3v) is 6.30. The van der Waals surface area contributed by atoms with Gasteiger partial charge in [0.25, 0.3) is 0 Å². The van der Waals surface area contributed by atoms with Gasteiger partial charge in [-0.2, -0.15) is 0 Å². The van der Waals surface area contributed by atoms with Crippen molar-refractivity contribution in [3.05, 3.63) is 52.0 Å². The minimum atomic E-state index is 0.465. The number of rotatable bonds is 5. The van der Waals surface area contributed by atoms with Crippen molar-refractivity contribution in [2.75, 3.05) is 18.8 Å². The molecule has 0 aliphatic heterocycles. The molecule has 3 N–H and O–H groups in total. The summed E-state index contributed by atoms with van der Waals surface area (Å²) in [5.41, 5.74) is 13.1. The quantitative estimate of drug-likeness (QED) is 0.578. The summed E-state index contributed by atoms with van der Waals surface area (Å²) in [7, 11) is 0. The number of nitrogens with two attached hydrogens (primary N) is 1. The minimum Gasteiger partial charge on any atom is -0.507 e. The third kappa shape index (κ3) is 3.79. The topological polar surface area (TPSA) is 62.4 Å². The second kappa shape index (κ2) is 8.21. The van der Waals surface area contributed by atoms with Gasteiger partial charge >= 0.3 is 0 Å². The summed E-state index contributed by atoms with van der Waals surface area (Å²) in [6.45, 7) is 6.92. The van der Waals surface area contributed by atoms with Crippen molar-refractivity contribution < 1.29 is 5.11 Å². The van der Waals surface area contributed by atoms with Crippen molar-refractivity contribution >= 4 is 28.2 Å². The minimum absolute atomic E-state index is 0.465. The number of aromatic hydroxyl groups is 1. The maximum atomic E-state index is 11.0. The van der Waals surface area contributed by atoms with Crippen LogP contribution in [0.5, 0.6) is 5.75 Å². The molecular formula is C24H28ClN3O. The van der Waals surface area contributed by atoms with Gasteiger partial charge in [0.05, 0.1) is 11.2 Å². The molecule has 3 aromatic rings.